The first kappa shape index (κ1) is 18.0. The maximum atomic E-state index is 12.1. The van der Waals surface area contributed by atoms with Crippen LogP contribution in [-0.4, -0.2) is 10.5 Å². The number of nitrogens with one attached hydrogen (secondary N) is 1. The number of carbonyl (C=O) groups is 1. The van der Waals surface area contributed by atoms with Gasteiger partial charge in [0, 0.05) is 11.9 Å². The minimum atomic E-state index is -0.474. The molecule has 0 spiro atoms. The molecular weight excluding hydrogens is 375 g/mol. The largest absolute Gasteiger partial charge is 0.457 e. The third-order valence-corrected chi connectivity index (χ3v) is 3.92. The van der Waals surface area contributed by atoms with Gasteiger partial charge in [0.1, 0.15) is 23.1 Å². The molecule has 0 saturated heterocycles. The third kappa shape index (κ3) is 4.65. The lowest BCUT2D eigenvalue weighted by molar-refractivity contribution is -0.116. The monoisotopic (exact) mass is 388 g/mol. The SMILES string of the molecule is O=C(Cn1cc(Cl)cc(Cl)c1=O)Nc1ccc(Oc2ccccc2)cc1. The molecule has 7 heteroatoms. The molecule has 5 nitrogen and oxygen atoms in total. The van der Waals surface area contributed by atoms with Crippen molar-refractivity contribution in [3.8, 4) is 11.5 Å². The molecule has 1 aromatic heterocycles. The van der Waals surface area contributed by atoms with Crippen LogP contribution in [0.4, 0.5) is 5.69 Å². The van der Waals surface area contributed by atoms with E-state index in [0.717, 1.165) is 10.3 Å². The van der Waals surface area contributed by atoms with E-state index in [-0.39, 0.29) is 22.5 Å². The molecule has 1 N–H and O–H groups in total. The fourth-order valence-electron chi connectivity index (χ4n) is 2.27. The van der Waals surface area contributed by atoms with E-state index in [2.05, 4.69) is 5.32 Å². The molecule has 0 fully saturated rings. The standard InChI is InChI=1S/C19H14Cl2N2O3/c20-13-10-17(21)19(25)23(11-13)12-18(24)22-14-6-8-16(9-7-14)26-15-4-2-1-3-5-15/h1-11H,12H2,(H,22,24). The molecule has 3 aromatic rings. The molecule has 0 bridgehead atoms. The van der Waals surface area contributed by atoms with E-state index in [1.807, 2.05) is 30.3 Å². The number of amides is 1. The minimum absolute atomic E-state index is 0.0345. The average Bonchev–Trinajstić information content (AvgIpc) is 2.62. The van der Waals surface area contributed by atoms with Gasteiger partial charge in [0.25, 0.3) is 5.56 Å². The Bertz CT molecular complexity index is 970. The smallest absolute Gasteiger partial charge is 0.269 e. The van der Waals surface area contributed by atoms with Gasteiger partial charge in [-0.25, -0.2) is 0 Å². The summed E-state index contributed by atoms with van der Waals surface area (Å²) < 4.78 is 6.85. The minimum Gasteiger partial charge on any atom is -0.457 e. The zero-order chi connectivity index (χ0) is 18.5. The number of anilines is 1. The van der Waals surface area contributed by atoms with Crippen molar-refractivity contribution in [2.24, 2.45) is 0 Å². The van der Waals surface area contributed by atoms with Crippen LogP contribution in [0.15, 0.2) is 71.7 Å². The average molecular weight is 389 g/mol. The first-order valence-electron chi connectivity index (χ1n) is 7.69. The lowest BCUT2D eigenvalue weighted by Gasteiger charge is -2.09. The number of halogens is 2. The highest BCUT2D eigenvalue weighted by Gasteiger charge is 2.09. The molecule has 0 atom stereocenters. The molecule has 1 heterocycles. The molecule has 1 amide bonds. The van der Waals surface area contributed by atoms with Crippen LogP contribution in [0.25, 0.3) is 0 Å². The van der Waals surface area contributed by atoms with Crippen molar-refractivity contribution >= 4 is 34.8 Å². The molecule has 0 unspecified atom stereocenters. The van der Waals surface area contributed by atoms with E-state index < -0.39 is 5.56 Å². The van der Waals surface area contributed by atoms with Crippen LogP contribution >= 0.6 is 23.2 Å². The summed E-state index contributed by atoms with van der Waals surface area (Å²) in [5.41, 5.74) is 0.106. The van der Waals surface area contributed by atoms with Crippen molar-refractivity contribution in [2.45, 2.75) is 6.54 Å². The lowest BCUT2D eigenvalue weighted by atomic mass is 10.3. The van der Waals surface area contributed by atoms with Gasteiger partial charge < -0.3 is 14.6 Å². The highest BCUT2D eigenvalue weighted by Crippen LogP contribution is 2.22. The van der Waals surface area contributed by atoms with Crippen molar-refractivity contribution in [2.75, 3.05) is 5.32 Å². The summed E-state index contributed by atoms with van der Waals surface area (Å²) in [6, 6.07) is 17.6. The van der Waals surface area contributed by atoms with Crippen LogP contribution in [0.3, 0.4) is 0 Å². The van der Waals surface area contributed by atoms with Crippen molar-refractivity contribution in [1.82, 2.24) is 4.57 Å². The Kier molecular flexibility index (Phi) is 5.61. The normalized spacial score (nSPS) is 10.4. The highest BCUT2D eigenvalue weighted by molar-refractivity contribution is 6.34. The quantitative estimate of drug-likeness (QED) is 0.695. The Balaban J connectivity index is 1.64. The van der Waals surface area contributed by atoms with E-state index in [0.29, 0.717) is 11.4 Å². The fraction of sp³-hybridized carbons (Fsp3) is 0.0526. The van der Waals surface area contributed by atoms with E-state index in [1.165, 1.54) is 12.3 Å². The number of aromatic nitrogens is 1. The van der Waals surface area contributed by atoms with Crippen molar-refractivity contribution in [3.63, 3.8) is 0 Å². The van der Waals surface area contributed by atoms with Gasteiger partial charge in [0.05, 0.1) is 5.02 Å². The van der Waals surface area contributed by atoms with E-state index >= 15 is 0 Å². The van der Waals surface area contributed by atoms with Gasteiger partial charge in [-0.1, -0.05) is 41.4 Å². The summed E-state index contributed by atoms with van der Waals surface area (Å²) in [7, 11) is 0. The Labute approximate surface area is 159 Å². The molecule has 0 aliphatic rings. The highest BCUT2D eigenvalue weighted by atomic mass is 35.5. The number of benzene rings is 2. The molecule has 26 heavy (non-hydrogen) atoms. The summed E-state index contributed by atoms with van der Waals surface area (Å²) >= 11 is 11.6. The first-order valence-corrected chi connectivity index (χ1v) is 8.45. The van der Waals surface area contributed by atoms with Gasteiger partial charge in [-0.15, -0.1) is 0 Å². The van der Waals surface area contributed by atoms with Crippen molar-refractivity contribution in [1.29, 1.82) is 0 Å². The Hall–Kier alpha value is -2.76. The third-order valence-electron chi connectivity index (χ3n) is 3.44. The number of carbonyl (C=O) groups excluding carboxylic acids is 1. The van der Waals surface area contributed by atoms with Crippen LogP contribution in [0, 0.1) is 0 Å². The maximum Gasteiger partial charge on any atom is 0.269 e. The van der Waals surface area contributed by atoms with E-state index in [1.54, 1.807) is 24.3 Å². The lowest BCUT2D eigenvalue weighted by Crippen LogP contribution is -2.27. The van der Waals surface area contributed by atoms with E-state index in [4.69, 9.17) is 27.9 Å². The Morgan fingerprint density at radius 2 is 1.65 bits per heavy atom. The summed E-state index contributed by atoms with van der Waals surface area (Å²) in [5, 5.41) is 2.95. The summed E-state index contributed by atoms with van der Waals surface area (Å²) in [4.78, 5) is 24.0. The van der Waals surface area contributed by atoms with Gasteiger partial charge in [-0.3, -0.25) is 9.59 Å². The molecule has 0 aliphatic heterocycles. The van der Waals surface area contributed by atoms with Gasteiger partial charge in [-0.2, -0.15) is 0 Å². The first-order chi connectivity index (χ1) is 12.5. The second kappa shape index (κ2) is 8.08. The van der Waals surface area contributed by atoms with Crippen LogP contribution in [-0.2, 0) is 11.3 Å². The Morgan fingerprint density at radius 3 is 2.35 bits per heavy atom. The van der Waals surface area contributed by atoms with Crippen LogP contribution in [0.5, 0.6) is 11.5 Å². The number of para-hydroxylation sites is 1. The van der Waals surface area contributed by atoms with E-state index in [9.17, 15) is 9.59 Å². The van der Waals surface area contributed by atoms with Crippen molar-refractivity contribution in [3.05, 3.63) is 87.3 Å². The number of rotatable bonds is 5. The summed E-state index contributed by atoms with van der Waals surface area (Å²) in [6.45, 7) is -0.193. The zero-order valence-corrected chi connectivity index (χ0v) is 15.0. The van der Waals surface area contributed by atoms with Gasteiger partial charge in [-0.05, 0) is 42.5 Å². The molecule has 0 saturated carbocycles. The number of pyridine rings is 1. The topological polar surface area (TPSA) is 60.3 Å². The Morgan fingerprint density at radius 1 is 1.00 bits per heavy atom. The van der Waals surface area contributed by atoms with Crippen molar-refractivity contribution < 1.29 is 9.53 Å². The molecule has 3 rings (SSSR count). The van der Waals surface area contributed by atoms with Gasteiger partial charge in [0.2, 0.25) is 5.91 Å². The molecule has 0 aliphatic carbocycles. The number of hydrogen-bond acceptors (Lipinski definition) is 3. The molecule has 132 valence electrons. The summed E-state index contributed by atoms with van der Waals surface area (Å²) in [6.07, 6.45) is 1.37. The van der Waals surface area contributed by atoms with Gasteiger partial charge in [0.15, 0.2) is 0 Å². The molecular formula is C19H14Cl2N2O3. The van der Waals surface area contributed by atoms with Gasteiger partial charge >= 0.3 is 0 Å². The predicted octanol–water partition coefficient (Wildman–Crippen LogP) is 4.59. The second-order valence-corrected chi connectivity index (χ2v) is 6.27. The molecule has 0 radical (unpaired) electrons. The number of hydrogen-bond donors (Lipinski definition) is 1. The second-order valence-electron chi connectivity index (χ2n) is 5.43. The summed E-state index contributed by atoms with van der Waals surface area (Å²) in [5.74, 6) is 0.996. The molecule has 2 aromatic carbocycles. The fourth-order valence-corrected chi connectivity index (χ4v) is 2.78. The van der Waals surface area contributed by atoms with Crippen LogP contribution in [0.1, 0.15) is 0 Å². The number of ether oxygens (including phenoxy) is 1. The van der Waals surface area contributed by atoms with Crippen LogP contribution < -0.4 is 15.6 Å². The zero-order valence-electron chi connectivity index (χ0n) is 13.5. The predicted molar refractivity (Wildman–Crippen MR) is 102 cm³/mol. The maximum absolute atomic E-state index is 12.1. The van der Waals surface area contributed by atoms with Crippen LogP contribution in [0.2, 0.25) is 10.0 Å². The number of nitrogens with zero attached hydrogens (tertiary/aromatic N) is 1.